The molecule has 0 radical (unpaired) electrons. The summed E-state index contributed by atoms with van der Waals surface area (Å²) in [6.45, 7) is 17.4. The number of aliphatic hydroxyl groups excluding tert-OH is 4. The summed E-state index contributed by atoms with van der Waals surface area (Å²) in [6.07, 6.45) is 47.4. The molecule has 3 amide bonds. The van der Waals surface area contributed by atoms with Gasteiger partial charge in [0.05, 0.1) is 6.10 Å². The Balaban J connectivity index is -0.00000164. The van der Waals surface area contributed by atoms with Gasteiger partial charge in [-0.2, -0.15) is 0 Å². The average molecular weight is 1230 g/mol. The van der Waals surface area contributed by atoms with E-state index in [4.69, 9.17) is 5.11 Å². The second-order valence-corrected chi connectivity index (χ2v) is 24.7. The summed E-state index contributed by atoms with van der Waals surface area (Å²) in [4.78, 5) is 36.0. The minimum atomic E-state index is -1.70. The number of hydrogen-bond donors (Lipinski definition) is 13. The molecule has 0 aliphatic heterocycles. The van der Waals surface area contributed by atoms with Gasteiger partial charge in [0.1, 0.15) is 6.10 Å². The number of amides is 3. The molecule has 0 aromatic carbocycles. The van der Waals surface area contributed by atoms with E-state index < -0.39 is 24.2 Å². The Morgan fingerprint density at radius 2 is 0.640 bits per heavy atom. The fourth-order valence-corrected chi connectivity index (χ4v) is 10.7. The summed E-state index contributed by atoms with van der Waals surface area (Å²) in [5.74, 6) is 0.435. The Labute approximate surface area is 530 Å². The highest BCUT2D eigenvalue weighted by Gasteiger charge is 2.29. The lowest BCUT2D eigenvalue weighted by Gasteiger charge is -2.21. The van der Waals surface area contributed by atoms with Gasteiger partial charge in [0, 0.05) is 39.1 Å². The van der Waals surface area contributed by atoms with Crippen molar-refractivity contribution in [2.24, 2.45) is 5.92 Å². The van der Waals surface area contributed by atoms with Crippen LogP contribution in [0.25, 0.3) is 0 Å². The van der Waals surface area contributed by atoms with Crippen LogP contribution in [-0.2, 0) is 14.4 Å². The second kappa shape index (κ2) is 75.4. The highest BCUT2D eigenvalue weighted by Crippen LogP contribution is 2.15. The highest BCUT2D eigenvalue weighted by molar-refractivity contribution is 5.81. The zero-order valence-corrected chi connectivity index (χ0v) is 56.8. The van der Waals surface area contributed by atoms with Gasteiger partial charge in [-0.15, -0.1) is 0 Å². The maximum Gasteiger partial charge on any atom is 0.251 e. The molecule has 0 saturated carbocycles. The van der Waals surface area contributed by atoms with Crippen molar-refractivity contribution in [1.82, 2.24) is 47.9 Å². The van der Waals surface area contributed by atoms with E-state index in [-0.39, 0.29) is 30.3 Å². The molecule has 0 unspecified atom stereocenters. The first kappa shape index (κ1) is 88.2. The van der Waals surface area contributed by atoms with Crippen LogP contribution in [-0.4, -0.2) is 168 Å². The lowest BCUT2D eigenvalue weighted by Crippen LogP contribution is -2.47. The quantitative estimate of drug-likeness (QED) is 0.0253. The van der Waals surface area contributed by atoms with E-state index in [2.05, 4.69) is 61.7 Å². The molecule has 0 rings (SSSR count). The monoisotopic (exact) mass is 1230 g/mol. The van der Waals surface area contributed by atoms with E-state index in [9.17, 15) is 29.7 Å². The molecule has 0 fully saturated rings. The third-order valence-corrected chi connectivity index (χ3v) is 16.4. The molecule has 0 aliphatic carbocycles. The maximum atomic E-state index is 12.2. The zero-order chi connectivity index (χ0) is 62.4. The minimum absolute atomic E-state index is 0. The largest absolute Gasteiger partial charge is 0.412 e. The second-order valence-electron chi connectivity index (χ2n) is 24.7. The number of rotatable bonds is 69. The van der Waals surface area contributed by atoms with Crippen molar-refractivity contribution in [3.8, 4) is 0 Å². The summed E-state index contributed by atoms with van der Waals surface area (Å²) in [7, 11) is 4.04. The molecule has 15 N–H and O–H groups in total. The number of aliphatic hydroxyl groups is 4. The zero-order valence-electron chi connectivity index (χ0n) is 56.8. The van der Waals surface area contributed by atoms with Crippen molar-refractivity contribution < 1.29 is 40.3 Å². The molecular formula is C69H147N9O8. The first-order valence-corrected chi connectivity index (χ1v) is 36.3. The van der Waals surface area contributed by atoms with E-state index in [0.29, 0.717) is 25.3 Å². The number of carbonyl (C=O) groups excluding carboxylic acids is 3. The van der Waals surface area contributed by atoms with Gasteiger partial charge in [-0.3, -0.25) is 14.4 Å². The molecule has 0 aliphatic rings. The standard InChI is InChI=1S/C40H87N7O.C29H58N2O6.H2O/c1-4-5-6-7-8-9-10-11-12-13-14-18-27-40(48)47-36-19-16-15-17-26-39(37-45-32-22-20-30-43-34-24-28-41-2)38-46-33-23-21-31-44-35-25-29-42-3;1-2-3-4-5-6-9-12-15-18-22-30-26(34)20-17-14-11-8-7-10-13-16-19-23-31-29(37)28(36)27(35)25(33)21-24-32;/h39,41-46H,4-38H2,1-3H3,(H,47,48);25,27-28,32-33,35-36H,2-24H2,1H3,(H,30,34)(H,31,37);1H2/t;25-,27+,28-;/m.1./s1. The lowest BCUT2D eigenvalue weighted by atomic mass is 10.00. The number of hydrogen-bond acceptors (Lipinski definition) is 13. The van der Waals surface area contributed by atoms with Crippen molar-refractivity contribution in [2.75, 3.05) is 106 Å². The number of nitrogens with one attached hydrogen (secondary N) is 9. The van der Waals surface area contributed by atoms with Gasteiger partial charge in [-0.25, -0.2) is 0 Å². The normalized spacial score (nSPS) is 12.4. The van der Waals surface area contributed by atoms with Crippen molar-refractivity contribution in [2.45, 2.75) is 315 Å². The van der Waals surface area contributed by atoms with Crippen LogP contribution in [0.4, 0.5) is 0 Å². The minimum Gasteiger partial charge on any atom is -0.412 e. The summed E-state index contributed by atoms with van der Waals surface area (Å²) >= 11 is 0. The van der Waals surface area contributed by atoms with Crippen LogP contribution in [0, 0.1) is 5.92 Å². The third kappa shape index (κ3) is 69.4. The predicted octanol–water partition coefficient (Wildman–Crippen LogP) is 10.2. The molecule has 0 bridgehead atoms. The lowest BCUT2D eigenvalue weighted by molar-refractivity contribution is -0.141. The molecule has 86 heavy (non-hydrogen) atoms. The summed E-state index contributed by atoms with van der Waals surface area (Å²) in [6, 6.07) is 0. The van der Waals surface area contributed by atoms with Gasteiger partial charge >= 0.3 is 0 Å². The van der Waals surface area contributed by atoms with E-state index in [1.54, 1.807) is 0 Å². The topological polar surface area (TPSA) is 272 Å². The van der Waals surface area contributed by atoms with E-state index in [1.165, 1.54) is 199 Å². The van der Waals surface area contributed by atoms with Crippen molar-refractivity contribution >= 4 is 17.7 Å². The highest BCUT2D eigenvalue weighted by atomic mass is 16.4. The van der Waals surface area contributed by atoms with E-state index in [1.807, 2.05) is 14.1 Å². The molecule has 0 aromatic heterocycles. The van der Waals surface area contributed by atoms with E-state index in [0.717, 1.165) is 143 Å². The van der Waals surface area contributed by atoms with Crippen LogP contribution in [0.1, 0.15) is 296 Å². The molecule has 516 valence electrons. The van der Waals surface area contributed by atoms with Crippen LogP contribution in [0.15, 0.2) is 0 Å². The van der Waals surface area contributed by atoms with Crippen LogP contribution in [0.2, 0.25) is 0 Å². The van der Waals surface area contributed by atoms with Gasteiger partial charge in [0.25, 0.3) is 5.91 Å². The Bertz CT molecular complexity index is 1320. The van der Waals surface area contributed by atoms with Gasteiger partial charge in [-0.1, -0.05) is 200 Å². The molecule has 17 heteroatoms. The molecule has 3 atom stereocenters. The summed E-state index contributed by atoms with van der Waals surface area (Å²) in [5.41, 5.74) is 0. The van der Waals surface area contributed by atoms with E-state index >= 15 is 0 Å². The molecule has 17 nitrogen and oxygen atoms in total. The van der Waals surface area contributed by atoms with Crippen LogP contribution < -0.4 is 47.9 Å². The fraction of sp³-hybridized carbons (Fsp3) is 0.957. The van der Waals surface area contributed by atoms with Crippen molar-refractivity contribution in [3.63, 3.8) is 0 Å². The predicted molar refractivity (Wildman–Crippen MR) is 365 cm³/mol. The van der Waals surface area contributed by atoms with Crippen LogP contribution >= 0.6 is 0 Å². The van der Waals surface area contributed by atoms with Crippen molar-refractivity contribution in [1.29, 1.82) is 0 Å². The fourth-order valence-electron chi connectivity index (χ4n) is 10.7. The maximum absolute atomic E-state index is 12.2. The van der Waals surface area contributed by atoms with Crippen LogP contribution in [0.3, 0.4) is 0 Å². The summed E-state index contributed by atoms with van der Waals surface area (Å²) in [5, 5.41) is 67.6. The van der Waals surface area contributed by atoms with Crippen LogP contribution in [0.5, 0.6) is 0 Å². The summed E-state index contributed by atoms with van der Waals surface area (Å²) < 4.78 is 0. The first-order chi connectivity index (χ1) is 41.7. The number of carbonyl (C=O) groups is 3. The van der Waals surface area contributed by atoms with Gasteiger partial charge in [0.15, 0.2) is 6.10 Å². The van der Waals surface area contributed by atoms with Gasteiger partial charge in [0.2, 0.25) is 11.8 Å². The third-order valence-electron chi connectivity index (χ3n) is 16.4. The molecule has 0 saturated heterocycles. The Morgan fingerprint density at radius 1 is 0.337 bits per heavy atom. The molecule has 0 spiro atoms. The molecular weight excluding hydrogens is 1080 g/mol. The first-order valence-electron chi connectivity index (χ1n) is 36.3. The average Bonchev–Trinajstić information content (AvgIpc) is 3.54. The Kier molecular flexibility index (Phi) is 77.3. The molecule has 0 aromatic rings. The smallest absolute Gasteiger partial charge is 0.251 e. The Hall–Kier alpha value is -2.03. The molecule has 0 heterocycles. The van der Waals surface area contributed by atoms with Gasteiger partial charge in [-0.05, 0) is 169 Å². The SMILES string of the molecule is CCCCCCCCCCCCCCC(=O)NCCCCCCC(CNCCCCNCCCNC)CNCCCCNCCCNC.CCCCCCCCCCCNC(=O)CCCCCCCCCCCNC(=O)[C@H](O)[C@@H](O)[C@H](O)CCO.O. The van der Waals surface area contributed by atoms with Crippen molar-refractivity contribution in [3.05, 3.63) is 0 Å². The number of unbranched alkanes of at least 4 members (excludes halogenated alkanes) is 32. The Morgan fingerprint density at radius 3 is 1.00 bits per heavy atom. The van der Waals surface area contributed by atoms with Gasteiger partial charge < -0.3 is 73.8 Å².